The molecule has 3 nitrogen and oxygen atoms in total. The van der Waals surface area contributed by atoms with Crippen molar-refractivity contribution in [1.82, 2.24) is 4.98 Å². The summed E-state index contributed by atoms with van der Waals surface area (Å²) in [5.74, 6) is -0.847. The van der Waals surface area contributed by atoms with Crippen molar-refractivity contribution in [3.05, 3.63) is 53.6 Å². The Morgan fingerprint density at radius 2 is 2.00 bits per heavy atom. The fraction of sp³-hybridized carbons (Fsp3) is 0.0714. The zero-order valence-corrected chi connectivity index (χ0v) is 11.1. The average Bonchev–Trinajstić information content (AvgIpc) is 2.79. The quantitative estimate of drug-likeness (QED) is 0.586. The monoisotopic (exact) mass is 292 g/mol. The Balaban J connectivity index is 1.79. The number of aromatic nitrogens is 1. The molecule has 6 heteroatoms. The van der Waals surface area contributed by atoms with Gasteiger partial charge in [0.1, 0.15) is 17.2 Å². The lowest BCUT2D eigenvalue weighted by Gasteiger charge is -2.00. The number of hydrogen-bond donors (Lipinski definition) is 1. The van der Waals surface area contributed by atoms with Crippen LogP contribution in [0.3, 0.4) is 0 Å². The van der Waals surface area contributed by atoms with E-state index in [0.29, 0.717) is 33.3 Å². The van der Waals surface area contributed by atoms with Gasteiger partial charge in [-0.2, -0.15) is 0 Å². The van der Waals surface area contributed by atoms with Crippen molar-refractivity contribution in [3.8, 4) is 0 Å². The largest absolute Gasteiger partial charge is 0.431 e. The van der Waals surface area contributed by atoms with Crippen molar-refractivity contribution in [3.63, 3.8) is 0 Å². The maximum absolute atomic E-state index is 13.5. The number of hydrogen-bond acceptors (Lipinski definition) is 4. The van der Waals surface area contributed by atoms with E-state index in [2.05, 4.69) is 4.98 Å². The minimum Gasteiger partial charge on any atom is -0.431 e. The first-order chi connectivity index (χ1) is 9.61. The molecule has 20 heavy (non-hydrogen) atoms. The summed E-state index contributed by atoms with van der Waals surface area (Å²) in [5, 5.41) is 0.425. The summed E-state index contributed by atoms with van der Waals surface area (Å²) in [6.07, 6.45) is 0. The van der Waals surface area contributed by atoms with E-state index in [1.165, 1.54) is 23.9 Å². The molecule has 0 aliphatic rings. The molecule has 0 spiro atoms. The van der Waals surface area contributed by atoms with Crippen LogP contribution >= 0.6 is 11.8 Å². The van der Waals surface area contributed by atoms with Crippen LogP contribution in [-0.4, -0.2) is 4.98 Å². The van der Waals surface area contributed by atoms with E-state index < -0.39 is 11.6 Å². The van der Waals surface area contributed by atoms with Crippen LogP contribution in [0.15, 0.2) is 46.0 Å². The van der Waals surface area contributed by atoms with Gasteiger partial charge in [-0.3, -0.25) is 0 Å². The van der Waals surface area contributed by atoms with E-state index in [9.17, 15) is 8.78 Å². The van der Waals surface area contributed by atoms with Crippen LogP contribution in [0.2, 0.25) is 0 Å². The molecule has 0 saturated carbocycles. The molecule has 1 aromatic heterocycles. The smallest absolute Gasteiger partial charge is 0.257 e. The van der Waals surface area contributed by atoms with E-state index in [1.807, 2.05) is 0 Å². The fourth-order valence-corrected chi connectivity index (χ4v) is 2.59. The molecule has 0 unspecified atom stereocenters. The minimum atomic E-state index is -0.589. The average molecular weight is 292 g/mol. The predicted molar refractivity (Wildman–Crippen MR) is 74.3 cm³/mol. The topological polar surface area (TPSA) is 52.0 Å². The molecule has 0 aliphatic heterocycles. The van der Waals surface area contributed by atoms with E-state index in [0.717, 1.165) is 6.07 Å². The van der Waals surface area contributed by atoms with E-state index in [-0.39, 0.29) is 0 Å². The van der Waals surface area contributed by atoms with Gasteiger partial charge in [0.15, 0.2) is 5.58 Å². The third kappa shape index (κ3) is 2.60. The van der Waals surface area contributed by atoms with Crippen molar-refractivity contribution >= 4 is 28.5 Å². The second-order valence-electron chi connectivity index (χ2n) is 4.23. The number of thioether (sulfide) groups is 1. The van der Waals surface area contributed by atoms with Gasteiger partial charge in [-0.25, -0.2) is 13.8 Å². The molecular formula is C14H10F2N2OS. The number of fused-ring (bicyclic) bond motifs is 1. The molecule has 0 radical (unpaired) electrons. The molecule has 2 aromatic carbocycles. The van der Waals surface area contributed by atoms with Gasteiger partial charge in [0.05, 0.1) is 0 Å². The molecule has 3 rings (SSSR count). The summed E-state index contributed by atoms with van der Waals surface area (Å²) in [6.45, 7) is 0. The van der Waals surface area contributed by atoms with Gasteiger partial charge >= 0.3 is 0 Å². The standard InChI is InChI=1S/C14H10F2N2OS/c15-9-2-1-8(11(16)5-9)7-20-14-18-12-6-10(17)3-4-13(12)19-14/h1-6H,7,17H2. The molecule has 0 saturated heterocycles. The third-order valence-electron chi connectivity index (χ3n) is 2.76. The van der Waals surface area contributed by atoms with Crippen LogP contribution in [0, 0.1) is 11.6 Å². The first kappa shape index (κ1) is 12.9. The molecule has 1 heterocycles. The second kappa shape index (κ2) is 5.13. The highest BCUT2D eigenvalue weighted by Gasteiger charge is 2.09. The van der Waals surface area contributed by atoms with Gasteiger partial charge in [-0.1, -0.05) is 17.8 Å². The number of nitrogens with zero attached hydrogens (tertiary/aromatic N) is 1. The highest BCUT2D eigenvalue weighted by molar-refractivity contribution is 7.98. The molecular weight excluding hydrogens is 282 g/mol. The Morgan fingerprint density at radius 1 is 1.15 bits per heavy atom. The van der Waals surface area contributed by atoms with Crippen molar-refractivity contribution in [2.75, 3.05) is 5.73 Å². The summed E-state index contributed by atoms with van der Waals surface area (Å²) in [7, 11) is 0. The number of benzene rings is 2. The third-order valence-corrected chi connectivity index (χ3v) is 3.64. The Hall–Kier alpha value is -2.08. The summed E-state index contributed by atoms with van der Waals surface area (Å²) in [6, 6.07) is 8.68. The molecule has 102 valence electrons. The van der Waals surface area contributed by atoms with Gasteiger partial charge < -0.3 is 10.2 Å². The molecule has 0 atom stereocenters. The minimum absolute atomic E-state index is 0.314. The van der Waals surface area contributed by atoms with Crippen molar-refractivity contribution in [2.45, 2.75) is 11.0 Å². The Labute approximate surface area is 117 Å². The van der Waals surface area contributed by atoms with Crippen molar-refractivity contribution in [2.24, 2.45) is 0 Å². The van der Waals surface area contributed by atoms with Crippen LogP contribution < -0.4 is 5.73 Å². The number of nitrogen functional groups attached to an aromatic ring is 1. The summed E-state index contributed by atoms with van der Waals surface area (Å²) < 4.78 is 31.8. The van der Waals surface area contributed by atoms with Gasteiger partial charge in [0, 0.05) is 17.5 Å². The van der Waals surface area contributed by atoms with E-state index >= 15 is 0 Å². The van der Waals surface area contributed by atoms with Crippen LogP contribution in [0.25, 0.3) is 11.1 Å². The first-order valence-electron chi connectivity index (χ1n) is 5.84. The van der Waals surface area contributed by atoms with Crippen LogP contribution in [0.4, 0.5) is 14.5 Å². The van der Waals surface area contributed by atoms with E-state index in [4.69, 9.17) is 10.2 Å². The van der Waals surface area contributed by atoms with Gasteiger partial charge in [-0.05, 0) is 29.8 Å². The van der Waals surface area contributed by atoms with Gasteiger partial charge in [0.25, 0.3) is 5.22 Å². The molecule has 3 aromatic rings. The second-order valence-corrected chi connectivity index (χ2v) is 5.16. The lowest BCUT2D eigenvalue weighted by atomic mass is 10.2. The highest BCUT2D eigenvalue weighted by atomic mass is 32.2. The molecule has 0 fully saturated rings. The van der Waals surface area contributed by atoms with Gasteiger partial charge in [0.2, 0.25) is 0 Å². The Bertz CT molecular complexity index is 773. The molecule has 0 amide bonds. The maximum atomic E-state index is 13.5. The fourth-order valence-electron chi connectivity index (χ4n) is 1.76. The first-order valence-corrected chi connectivity index (χ1v) is 6.83. The van der Waals surface area contributed by atoms with Crippen LogP contribution in [0.1, 0.15) is 5.56 Å². The molecule has 0 aliphatic carbocycles. The normalized spacial score (nSPS) is 11.1. The zero-order valence-electron chi connectivity index (χ0n) is 10.3. The number of nitrogens with two attached hydrogens (primary N) is 1. The summed E-state index contributed by atoms with van der Waals surface area (Å²) in [5.41, 5.74) is 7.95. The Kier molecular flexibility index (Phi) is 3.31. The lowest BCUT2D eigenvalue weighted by molar-refractivity contribution is 0.489. The van der Waals surface area contributed by atoms with E-state index in [1.54, 1.807) is 18.2 Å². The highest BCUT2D eigenvalue weighted by Crippen LogP contribution is 2.28. The van der Waals surface area contributed by atoms with Crippen molar-refractivity contribution < 1.29 is 13.2 Å². The predicted octanol–water partition coefficient (Wildman–Crippen LogP) is 3.98. The summed E-state index contributed by atoms with van der Waals surface area (Å²) >= 11 is 1.24. The SMILES string of the molecule is Nc1ccc2oc(SCc3ccc(F)cc3F)nc2c1. The number of rotatable bonds is 3. The number of anilines is 1. The number of oxazole rings is 1. The van der Waals surface area contributed by atoms with Crippen molar-refractivity contribution in [1.29, 1.82) is 0 Å². The van der Waals surface area contributed by atoms with Gasteiger partial charge in [-0.15, -0.1) is 0 Å². The molecule has 2 N–H and O–H groups in total. The lowest BCUT2D eigenvalue weighted by Crippen LogP contribution is -1.89. The zero-order chi connectivity index (χ0) is 14.1. The Morgan fingerprint density at radius 3 is 2.80 bits per heavy atom. The summed E-state index contributed by atoms with van der Waals surface area (Å²) in [4.78, 5) is 4.26. The number of halogens is 2. The van der Waals surface area contributed by atoms with Crippen LogP contribution in [0.5, 0.6) is 0 Å². The maximum Gasteiger partial charge on any atom is 0.257 e. The van der Waals surface area contributed by atoms with Crippen LogP contribution in [-0.2, 0) is 5.75 Å². The molecule has 0 bridgehead atoms.